The number of thiazole rings is 1. The Kier molecular flexibility index (Phi) is 4.51. The van der Waals surface area contributed by atoms with Crippen molar-refractivity contribution in [1.29, 1.82) is 0 Å². The lowest BCUT2D eigenvalue weighted by molar-refractivity contribution is 0.413. The smallest absolute Gasteiger partial charge is 0.0940 e. The molecule has 0 bridgehead atoms. The highest BCUT2D eigenvalue weighted by Gasteiger charge is 2.04. The number of likely N-dealkylation sites (N-methyl/N-ethyl adjacent to an activating group) is 1. The lowest BCUT2D eigenvalue weighted by Crippen LogP contribution is -2.16. The molecule has 1 atom stereocenters. The van der Waals surface area contributed by atoms with E-state index in [1.54, 1.807) is 11.3 Å². The molecule has 0 aliphatic carbocycles. The summed E-state index contributed by atoms with van der Waals surface area (Å²) in [6.45, 7) is 3.09. The lowest BCUT2D eigenvalue weighted by atomic mass is 10.2. The van der Waals surface area contributed by atoms with Gasteiger partial charge in [0.2, 0.25) is 0 Å². The largest absolute Gasteiger partial charge is 0.328 e. The fourth-order valence-corrected chi connectivity index (χ4v) is 2.25. The highest BCUT2D eigenvalue weighted by Crippen LogP contribution is 2.14. The summed E-state index contributed by atoms with van der Waals surface area (Å²) in [5.74, 6) is 0. The fourth-order valence-electron chi connectivity index (χ4n) is 1.19. The van der Waals surface area contributed by atoms with Gasteiger partial charge in [0.05, 0.1) is 5.01 Å². The zero-order valence-electron chi connectivity index (χ0n) is 9.16. The molecular weight excluding hydrogens is 194 g/mol. The summed E-state index contributed by atoms with van der Waals surface area (Å²) < 4.78 is 0. The summed E-state index contributed by atoms with van der Waals surface area (Å²) in [5.41, 5.74) is 5.73. The summed E-state index contributed by atoms with van der Waals surface area (Å²) in [7, 11) is 4.16. The summed E-state index contributed by atoms with van der Waals surface area (Å²) in [5, 5.41) is 1.22. The van der Waals surface area contributed by atoms with Gasteiger partial charge in [-0.05, 0) is 27.4 Å². The summed E-state index contributed by atoms with van der Waals surface area (Å²) in [4.78, 5) is 7.85. The third kappa shape index (κ3) is 4.17. The number of hydrogen-bond acceptors (Lipinski definition) is 4. The van der Waals surface area contributed by atoms with Crippen LogP contribution in [-0.2, 0) is 12.8 Å². The average Bonchev–Trinajstić information content (AvgIpc) is 2.47. The van der Waals surface area contributed by atoms with Crippen molar-refractivity contribution >= 4 is 11.3 Å². The van der Waals surface area contributed by atoms with Gasteiger partial charge in [0.25, 0.3) is 0 Å². The Labute approximate surface area is 89.9 Å². The van der Waals surface area contributed by atoms with E-state index in [1.165, 1.54) is 9.88 Å². The van der Waals surface area contributed by atoms with Crippen LogP contribution in [0.1, 0.15) is 16.8 Å². The maximum Gasteiger partial charge on any atom is 0.0940 e. The quantitative estimate of drug-likeness (QED) is 0.797. The molecule has 0 saturated carbocycles. The van der Waals surface area contributed by atoms with Crippen molar-refractivity contribution < 1.29 is 0 Å². The zero-order valence-corrected chi connectivity index (χ0v) is 9.97. The van der Waals surface area contributed by atoms with E-state index < -0.39 is 0 Å². The molecule has 1 rings (SSSR count). The molecule has 0 aliphatic heterocycles. The van der Waals surface area contributed by atoms with Gasteiger partial charge in [-0.2, -0.15) is 0 Å². The Morgan fingerprint density at radius 2 is 2.29 bits per heavy atom. The molecule has 0 radical (unpaired) electrons. The molecule has 1 heterocycles. The first-order valence-electron chi connectivity index (χ1n) is 4.92. The first-order chi connectivity index (χ1) is 6.58. The van der Waals surface area contributed by atoms with Gasteiger partial charge < -0.3 is 10.6 Å². The molecule has 14 heavy (non-hydrogen) atoms. The number of aromatic nitrogens is 1. The van der Waals surface area contributed by atoms with Crippen LogP contribution in [0.3, 0.4) is 0 Å². The molecule has 1 unspecified atom stereocenters. The Hall–Kier alpha value is -0.450. The van der Waals surface area contributed by atoms with E-state index in [1.807, 2.05) is 13.1 Å². The standard InChI is InChI=1S/C10H19N3S/c1-8(11)6-9-7-12-10(14-9)4-5-13(2)3/h7-8H,4-6,11H2,1-3H3. The molecule has 1 aromatic rings. The van der Waals surface area contributed by atoms with E-state index in [0.717, 1.165) is 19.4 Å². The molecule has 0 fully saturated rings. The highest BCUT2D eigenvalue weighted by molar-refractivity contribution is 7.11. The van der Waals surface area contributed by atoms with E-state index >= 15 is 0 Å². The van der Waals surface area contributed by atoms with Crippen LogP contribution in [-0.4, -0.2) is 36.6 Å². The maximum absolute atomic E-state index is 5.73. The van der Waals surface area contributed by atoms with Gasteiger partial charge in [-0.25, -0.2) is 4.98 Å². The molecule has 0 amide bonds. The fraction of sp³-hybridized carbons (Fsp3) is 0.700. The Balaban J connectivity index is 2.42. The molecular formula is C10H19N3S. The molecule has 80 valence electrons. The first-order valence-corrected chi connectivity index (χ1v) is 5.73. The van der Waals surface area contributed by atoms with E-state index in [-0.39, 0.29) is 6.04 Å². The summed E-state index contributed by atoms with van der Waals surface area (Å²) >= 11 is 1.79. The van der Waals surface area contributed by atoms with Crippen LogP contribution in [0.25, 0.3) is 0 Å². The second-order valence-corrected chi connectivity index (χ2v) is 5.15. The lowest BCUT2D eigenvalue weighted by Gasteiger charge is -2.06. The highest BCUT2D eigenvalue weighted by atomic mass is 32.1. The summed E-state index contributed by atoms with van der Waals surface area (Å²) in [6, 6.07) is 0.233. The second-order valence-electron chi connectivity index (χ2n) is 3.95. The average molecular weight is 213 g/mol. The molecule has 3 nitrogen and oxygen atoms in total. The van der Waals surface area contributed by atoms with Crippen LogP contribution in [0.2, 0.25) is 0 Å². The third-order valence-electron chi connectivity index (χ3n) is 1.90. The van der Waals surface area contributed by atoms with Crippen LogP contribution in [0.4, 0.5) is 0 Å². The van der Waals surface area contributed by atoms with E-state index in [2.05, 4.69) is 24.0 Å². The minimum Gasteiger partial charge on any atom is -0.328 e. The van der Waals surface area contributed by atoms with Crippen LogP contribution in [0, 0.1) is 0 Å². The van der Waals surface area contributed by atoms with Gasteiger partial charge in [-0.3, -0.25) is 0 Å². The normalized spacial score (nSPS) is 13.5. The van der Waals surface area contributed by atoms with Crippen molar-refractivity contribution in [3.05, 3.63) is 16.1 Å². The molecule has 2 N–H and O–H groups in total. The maximum atomic E-state index is 5.73. The van der Waals surface area contributed by atoms with Crippen LogP contribution in [0.15, 0.2) is 6.20 Å². The molecule has 0 aliphatic rings. The monoisotopic (exact) mass is 213 g/mol. The van der Waals surface area contributed by atoms with Crippen molar-refractivity contribution in [2.75, 3.05) is 20.6 Å². The van der Waals surface area contributed by atoms with Gasteiger partial charge in [0.15, 0.2) is 0 Å². The van der Waals surface area contributed by atoms with Crippen molar-refractivity contribution in [3.63, 3.8) is 0 Å². The SMILES string of the molecule is CC(N)Cc1cnc(CCN(C)C)s1. The number of rotatable bonds is 5. The van der Waals surface area contributed by atoms with Crippen LogP contribution >= 0.6 is 11.3 Å². The minimum atomic E-state index is 0.233. The van der Waals surface area contributed by atoms with Gasteiger partial charge in [-0.1, -0.05) is 0 Å². The molecule has 0 aromatic carbocycles. The van der Waals surface area contributed by atoms with E-state index in [9.17, 15) is 0 Å². The number of nitrogens with two attached hydrogens (primary N) is 1. The second kappa shape index (κ2) is 5.44. The van der Waals surface area contributed by atoms with Gasteiger partial charge in [-0.15, -0.1) is 11.3 Å². The first kappa shape index (κ1) is 11.6. The van der Waals surface area contributed by atoms with Crippen molar-refractivity contribution in [2.24, 2.45) is 5.73 Å². The minimum absolute atomic E-state index is 0.233. The van der Waals surface area contributed by atoms with Gasteiger partial charge >= 0.3 is 0 Å². The predicted octanol–water partition coefficient (Wildman–Crippen LogP) is 1.14. The zero-order chi connectivity index (χ0) is 10.6. The van der Waals surface area contributed by atoms with E-state index in [0.29, 0.717) is 0 Å². The van der Waals surface area contributed by atoms with Gasteiger partial charge in [0, 0.05) is 30.1 Å². The Bertz CT molecular complexity index is 268. The van der Waals surface area contributed by atoms with Crippen molar-refractivity contribution in [2.45, 2.75) is 25.8 Å². The van der Waals surface area contributed by atoms with Crippen molar-refractivity contribution in [1.82, 2.24) is 9.88 Å². The summed E-state index contributed by atoms with van der Waals surface area (Å²) in [6.07, 6.45) is 3.94. The third-order valence-corrected chi connectivity index (χ3v) is 2.98. The molecule has 0 spiro atoms. The topological polar surface area (TPSA) is 42.1 Å². The Morgan fingerprint density at radius 1 is 1.57 bits per heavy atom. The van der Waals surface area contributed by atoms with E-state index in [4.69, 9.17) is 5.73 Å². The van der Waals surface area contributed by atoms with Gasteiger partial charge in [0.1, 0.15) is 0 Å². The van der Waals surface area contributed by atoms with Crippen molar-refractivity contribution in [3.8, 4) is 0 Å². The number of hydrogen-bond donors (Lipinski definition) is 1. The molecule has 1 aromatic heterocycles. The molecule has 0 saturated heterocycles. The Morgan fingerprint density at radius 3 is 2.86 bits per heavy atom. The predicted molar refractivity (Wildman–Crippen MR) is 61.7 cm³/mol. The van der Waals surface area contributed by atoms with Crippen LogP contribution < -0.4 is 5.73 Å². The van der Waals surface area contributed by atoms with Crippen LogP contribution in [0.5, 0.6) is 0 Å². The number of nitrogens with zero attached hydrogens (tertiary/aromatic N) is 2. The molecule has 4 heteroatoms.